The Balaban J connectivity index is 0.00000187. The second-order valence-electron chi connectivity index (χ2n) is 6.74. The van der Waals surface area contributed by atoms with Crippen LogP contribution in [-0.2, 0) is 17.5 Å². The van der Waals surface area contributed by atoms with Crippen molar-refractivity contribution in [2.75, 3.05) is 13.2 Å². The maximum Gasteiger partial charge on any atom is 0.210 e. The Bertz CT molecular complexity index is 995. The molecule has 0 aliphatic heterocycles. The van der Waals surface area contributed by atoms with Crippen molar-refractivity contribution in [3.63, 3.8) is 0 Å². The van der Waals surface area contributed by atoms with Gasteiger partial charge in [-0.25, -0.2) is 4.98 Å². The van der Waals surface area contributed by atoms with Crippen molar-refractivity contribution in [1.29, 1.82) is 0 Å². The van der Waals surface area contributed by atoms with Crippen LogP contribution in [0.25, 0.3) is 0 Å². The van der Waals surface area contributed by atoms with E-state index in [1.165, 1.54) is 0 Å². The zero-order valence-corrected chi connectivity index (χ0v) is 22.4. The Morgan fingerprint density at radius 3 is 2.67 bits per heavy atom. The fourth-order valence-corrected chi connectivity index (χ4v) is 3.76. The van der Waals surface area contributed by atoms with Gasteiger partial charge in [0, 0.05) is 30.4 Å². The maximum absolute atomic E-state index is 10.4. The zero-order chi connectivity index (χ0) is 23.9. The number of hydrogen-bond acceptors (Lipinski definition) is 6. The van der Waals surface area contributed by atoms with Gasteiger partial charge in [0.1, 0.15) is 23.4 Å². The summed E-state index contributed by atoms with van der Waals surface area (Å²) in [6.45, 7) is 8.36. The topological polar surface area (TPSA) is 82.5 Å². The molecule has 178 valence electrons. The highest BCUT2D eigenvalue weighted by Crippen LogP contribution is 2.22. The molecule has 0 bridgehead atoms. The highest BCUT2D eigenvalue weighted by atomic mass is 127. The number of aliphatic hydroxyl groups excluding tert-OH is 1. The first-order chi connectivity index (χ1) is 16.2. The van der Waals surface area contributed by atoms with Crippen LogP contribution in [0.3, 0.4) is 0 Å². The molecule has 2 heterocycles. The summed E-state index contributed by atoms with van der Waals surface area (Å²) >= 11 is 2.22. The molecule has 3 rings (SSSR count). The molecule has 2 unspecified atom stereocenters. The van der Waals surface area contributed by atoms with Crippen molar-refractivity contribution in [1.82, 2.24) is 14.7 Å². The summed E-state index contributed by atoms with van der Waals surface area (Å²) in [6, 6.07) is 9.28. The van der Waals surface area contributed by atoms with Gasteiger partial charge in [-0.2, -0.15) is 0 Å². The first-order valence-corrected chi connectivity index (χ1v) is 15.1. The zero-order valence-electron chi connectivity index (χ0n) is 19.3. The van der Waals surface area contributed by atoms with Gasteiger partial charge in [0.05, 0.1) is 26.2 Å². The van der Waals surface area contributed by atoms with E-state index in [2.05, 4.69) is 44.0 Å². The third kappa shape index (κ3) is 9.46. The van der Waals surface area contributed by atoms with Crippen molar-refractivity contribution in [2.24, 2.45) is 0 Å². The Hall–Kier alpha value is -1.92. The summed E-state index contributed by atoms with van der Waals surface area (Å²) in [5, 5.41) is 14.4. The Morgan fingerprint density at radius 2 is 1.94 bits per heavy atom. The SMILES string of the molecule is CC.CCc1nccn1CC(O)c1cc(C#Cc2ccc(OCCCCOPI)cc2)on1. The third-order valence-corrected chi connectivity index (χ3v) is 5.75. The summed E-state index contributed by atoms with van der Waals surface area (Å²) in [5.74, 6) is 8.13. The van der Waals surface area contributed by atoms with E-state index in [1.54, 1.807) is 12.3 Å². The van der Waals surface area contributed by atoms with E-state index >= 15 is 0 Å². The Kier molecular flexibility index (Phi) is 13.1. The van der Waals surface area contributed by atoms with E-state index < -0.39 is 6.10 Å². The quantitative estimate of drug-likeness (QED) is 0.135. The summed E-state index contributed by atoms with van der Waals surface area (Å²) in [7, 11) is 0. The average molecular weight is 583 g/mol. The van der Waals surface area contributed by atoms with Crippen LogP contribution in [0.5, 0.6) is 5.75 Å². The highest BCUT2D eigenvalue weighted by Gasteiger charge is 2.15. The molecule has 0 aliphatic rings. The van der Waals surface area contributed by atoms with Crippen molar-refractivity contribution < 1.29 is 18.9 Å². The number of ether oxygens (including phenoxy) is 1. The lowest BCUT2D eigenvalue weighted by Crippen LogP contribution is -2.10. The van der Waals surface area contributed by atoms with E-state index in [1.807, 2.05) is 55.8 Å². The molecule has 1 N–H and O–H groups in total. The molecule has 1 aromatic carbocycles. The summed E-state index contributed by atoms with van der Waals surface area (Å²) < 4.78 is 18.2. The van der Waals surface area contributed by atoms with Gasteiger partial charge in [0.2, 0.25) is 5.76 Å². The average Bonchev–Trinajstić information content (AvgIpc) is 3.51. The predicted octanol–water partition coefficient (Wildman–Crippen LogP) is 5.71. The lowest BCUT2D eigenvalue weighted by molar-refractivity contribution is 0.146. The van der Waals surface area contributed by atoms with E-state index in [0.717, 1.165) is 43.0 Å². The molecule has 0 radical (unpaired) electrons. The van der Waals surface area contributed by atoms with Crippen LogP contribution >= 0.6 is 28.5 Å². The van der Waals surface area contributed by atoms with Crippen LogP contribution in [0.15, 0.2) is 47.2 Å². The fraction of sp³-hybridized carbons (Fsp3) is 0.417. The molecule has 0 saturated heterocycles. The molecule has 0 saturated carbocycles. The molecule has 2 aromatic heterocycles. The van der Waals surface area contributed by atoms with Crippen molar-refractivity contribution >= 4 is 28.5 Å². The number of hydrogen-bond donors (Lipinski definition) is 1. The van der Waals surface area contributed by atoms with Crippen LogP contribution in [0.2, 0.25) is 0 Å². The normalized spacial score (nSPS) is 11.5. The molecule has 2 atom stereocenters. The van der Waals surface area contributed by atoms with Gasteiger partial charge in [-0.1, -0.05) is 31.8 Å². The van der Waals surface area contributed by atoms with E-state index in [4.69, 9.17) is 13.8 Å². The molecule has 3 aromatic rings. The number of halogens is 1. The number of nitrogens with zero attached hydrogens (tertiary/aromatic N) is 3. The minimum atomic E-state index is -0.788. The lowest BCUT2D eigenvalue weighted by Gasteiger charge is -2.10. The summed E-state index contributed by atoms with van der Waals surface area (Å²) in [5.41, 5.74) is 1.29. The van der Waals surface area contributed by atoms with Gasteiger partial charge in [-0.05, 0) is 65.1 Å². The molecule has 0 aliphatic carbocycles. The molecule has 0 amide bonds. The molecule has 0 fully saturated rings. The monoisotopic (exact) mass is 583 g/mol. The third-order valence-electron chi connectivity index (χ3n) is 4.51. The first-order valence-electron chi connectivity index (χ1n) is 11.1. The number of rotatable bonds is 11. The molecular formula is C24H31IN3O4P. The van der Waals surface area contributed by atoms with E-state index in [9.17, 15) is 5.11 Å². The van der Waals surface area contributed by atoms with Gasteiger partial charge in [-0.3, -0.25) is 0 Å². The van der Waals surface area contributed by atoms with Gasteiger partial charge < -0.3 is 23.5 Å². The standard InChI is InChI=1S/C22H25IN3O4P.C2H6/c1-2-22-24-11-12-26(22)16-21(27)20-15-19(30-25-20)10-7-17-5-8-18(9-6-17)28-13-3-4-14-29-31-23;1-2/h5-6,8-9,11-12,15,21,27,31H,2-4,13-14,16H2,1H3;1-2H3. The Morgan fingerprint density at radius 1 is 1.18 bits per heavy atom. The molecule has 7 nitrogen and oxygen atoms in total. The van der Waals surface area contributed by atoms with Gasteiger partial charge in [0.25, 0.3) is 0 Å². The predicted molar refractivity (Wildman–Crippen MR) is 140 cm³/mol. The lowest BCUT2D eigenvalue weighted by atomic mass is 10.2. The minimum absolute atomic E-state index is 0.371. The molecule has 9 heteroatoms. The second-order valence-corrected chi connectivity index (χ2v) is 8.50. The smallest absolute Gasteiger partial charge is 0.210 e. The number of aliphatic hydroxyl groups is 1. The number of benzene rings is 1. The molecule has 33 heavy (non-hydrogen) atoms. The molecular weight excluding hydrogens is 552 g/mol. The summed E-state index contributed by atoms with van der Waals surface area (Å²) in [4.78, 5) is 4.26. The number of imidazole rings is 1. The van der Waals surface area contributed by atoms with E-state index in [0.29, 0.717) is 31.1 Å². The van der Waals surface area contributed by atoms with Gasteiger partial charge in [0.15, 0.2) is 0 Å². The Labute approximate surface area is 210 Å². The van der Waals surface area contributed by atoms with E-state index in [-0.39, 0.29) is 0 Å². The number of aromatic nitrogens is 3. The van der Waals surface area contributed by atoms with Crippen molar-refractivity contribution in [2.45, 2.75) is 52.7 Å². The van der Waals surface area contributed by atoms with Gasteiger partial charge in [-0.15, -0.1) is 0 Å². The largest absolute Gasteiger partial charge is 0.494 e. The minimum Gasteiger partial charge on any atom is -0.494 e. The van der Waals surface area contributed by atoms with Crippen LogP contribution < -0.4 is 4.74 Å². The van der Waals surface area contributed by atoms with Crippen molar-refractivity contribution in [3.8, 4) is 17.6 Å². The molecule has 0 spiro atoms. The van der Waals surface area contributed by atoms with Crippen LogP contribution in [-0.4, -0.2) is 33.0 Å². The number of unbranched alkanes of at least 4 members (excludes halogenated alkanes) is 1. The van der Waals surface area contributed by atoms with Crippen LogP contribution in [0.4, 0.5) is 0 Å². The highest BCUT2D eigenvalue weighted by molar-refractivity contribution is 14.2. The van der Waals surface area contributed by atoms with Crippen molar-refractivity contribution in [3.05, 3.63) is 65.6 Å². The second kappa shape index (κ2) is 15.8. The number of aryl methyl sites for hydroxylation is 1. The summed E-state index contributed by atoms with van der Waals surface area (Å²) in [6.07, 6.45) is 5.54. The maximum atomic E-state index is 10.4. The fourth-order valence-electron chi connectivity index (χ4n) is 2.88. The van der Waals surface area contributed by atoms with Crippen LogP contribution in [0, 0.1) is 11.8 Å². The first kappa shape index (κ1) is 27.3. The van der Waals surface area contributed by atoms with Crippen LogP contribution in [0.1, 0.15) is 62.6 Å². The van der Waals surface area contributed by atoms with Gasteiger partial charge >= 0.3 is 0 Å².